The molecule has 0 aromatic heterocycles. The van der Waals surface area contributed by atoms with Gasteiger partial charge in [0.1, 0.15) is 49.7 Å². The van der Waals surface area contributed by atoms with Crippen LogP contribution in [0.2, 0.25) is 0 Å². The summed E-state index contributed by atoms with van der Waals surface area (Å²) in [5, 5.41) is 28.9. The molecule has 0 aromatic rings. The molecule has 4 aliphatic rings. The van der Waals surface area contributed by atoms with Gasteiger partial charge in [-0.25, -0.2) is 4.67 Å². The predicted molar refractivity (Wildman–Crippen MR) is 395 cm³/mol. The molecule has 36 heteroatoms. The van der Waals surface area contributed by atoms with Gasteiger partial charge >= 0.3 is 23.9 Å². The van der Waals surface area contributed by atoms with E-state index < -0.39 is 135 Å². The lowest BCUT2D eigenvalue weighted by molar-refractivity contribution is -0.275. The van der Waals surface area contributed by atoms with Crippen LogP contribution in [0.25, 0.3) is 0 Å². The maximum Gasteiger partial charge on any atom is 0.303 e. The Morgan fingerprint density at radius 2 is 0.973 bits per heavy atom. The SMILES string of the molecule is CC[C@H]1OC(OCCOCCNC(=O)CCC(NC(=O)CCC(NC(=O)C2CCC(OP(OCCC#N)N(C(C)C)C(C)C)CC2)C(=O)NCCOCCOC2O[C@H](COC(C)=O)[C@H](C)[C@H](C)[C@H]2NC(C)=O)C(=O)NCCOCCOC2O[C@H](COC(C)=O)[C@H](OC(C)=O)[C@H](C)[C@H]2C)[C@H](NC(C)=O)[C@@H](OC(C)=O)[C@H]1C. The first kappa shape index (κ1) is 96.0. The molecule has 18 atom stereocenters. The van der Waals surface area contributed by atoms with Crippen molar-refractivity contribution in [3.05, 3.63) is 0 Å². The van der Waals surface area contributed by atoms with E-state index in [1.54, 1.807) is 0 Å². The van der Waals surface area contributed by atoms with Gasteiger partial charge in [-0.3, -0.25) is 52.7 Å². The molecule has 4 fully saturated rings. The van der Waals surface area contributed by atoms with Crippen LogP contribution in [0.15, 0.2) is 0 Å². The minimum Gasteiger partial charge on any atom is -0.463 e. The molecule has 1 saturated carbocycles. The summed E-state index contributed by atoms with van der Waals surface area (Å²) >= 11 is 0. The number of nitrogens with one attached hydrogen (secondary N) is 7. The van der Waals surface area contributed by atoms with Gasteiger partial charge in [0.05, 0.1) is 103 Å². The predicted octanol–water partition coefficient (Wildman–Crippen LogP) is 3.58. The number of ether oxygens (including phenoxy) is 13. The number of nitrogens with zero attached hydrogens (tertiary/aromatic N) is 2. The van der Waals surface area contributed by atoms with E-state index >= 15 is 0 Å². The summed E-state index contributed by atoms with van der Waals surface area (Å²) in [7, 11) is -1.54. The van der Waals surface area contributed by atoms with Gasteiger partial charge in [-0.2, -0.15) is 5.26 Å². The number of nitriles is 1. The van der Waals surface area contributed by atoms with Crippen molar-refractivity contribution in [1.29, 1.82) is 5.26 Å². The van der Waals surface area contributed by atoms with Crippen molar-refractivity contribution in [3.8, 4) is 6.07 Å². The highest BCUT2D eigenvalue weighted by Gasteiger charge is 2.48. The maximum absolute atomic E-state index is 14.3. The number of amides is 7. The van der Waals surface area contributed by atoms with Crippen molar-refractivity contribution in [2.45, 2.75) is 267 Å². The second-order valence-electron chi connectivity index (χ2n) is 28.8. The lowest BCUT2D eigenvalue weighted by Gasteiger charge is -2.44. The maximum atomic E-state index is 14.3. The highest BCUT2D eigenvalue weighted by Crippen LogP contribution is 2.49. The first-order valence-corrected chi connectivity index (χ1v) is 39.8. The zero-order valence-corrected chi connectivity index (χ0v) is 68.2. The molecule has 628 valence electrons. The molecule has 0 bridgehead atoms. The molecule has 0 spiro atoms. The van der Waals surface area contributed by atoms with Crippen LogP contribution in [-0.4, -0.2) is 261 Å². The van der Waals surface area contributed by atoms with Crippen LogP contribution in [0.3, 0.4) is 0 Å². The van der Waals surface area contributed by atoms with Gasteiger partial charge in [-0.05, 0) is 84.5 Å². The summed E-state index contributed by atoms with van der Waals surface area (Å²) in [5.41, 5.74) is 0. The lowest BCUT2D eigenvalue weighted by atomic mass is 9.82. The third kappa shape index (κ3) is 34.5. The standard InChI is InChI=1S/C74H126N9O26P/c1-17-60-49(10)68(105-55(16)89)66(80-51(12)85)74(106-60)100-40-37-95-32-28-76-63(90)25-23-58(70(93)77-29-33-96-35-38-98-72-48(9)47(8)67(104-54(15)88)62(108-72)42-102-53(14)87)81-64(91)26-24-59(82-69(92)56-19-21-57(22-20-56)109-110(103-31-18-27-75)83(43(2)3)44(4)5)71(94)78-30-34-97-36-39-99-73-65(79-50(11)84)46(7)45(6)61(107-73)41-101-52(13)86/h43-49,56-62,65-68,72-74H,17-26,28-42H2,1-16H3,(H,76,90)(H,77,93)(H,78,94)(H,79,84)(H,80,85)(H,81,91)(H,82,92)/t45-,46+,47-,48-,49+,56?,57?,58?,59?,60-,61-,62-,65-,66-,67-,68+,72?,73?,74?,110?/m1/s1. The number of hydrogen-bond donors (Lipinski definition) is 7. The minimum atomic E-state index is -1.54. The van der Waals surface area contributed by atoms with Gasteiger partial charge in [-0.15, -0.1) is 0 Å². The van der Waals surface area contributed by atoms with Crippen molar-refractivity contribution in [2.24, 2.45) is 35.5 Å². The minimum absolute atomic E-state index is 0.00306. The smallest absolute Gasteiger partial charge is 0.303 e. The van der Waals surface area contributed by atoms with E-state index in [0.29, 0.717) is 32.1 Å². The zero-order valence-electron chi connectivity index (χ0n) is 67.3. The van der Waals surface area contributed by atoms with E-state index in [4.69, 9.17) is 70.6 Å². The van der Waals surface area contributed by atoms with Gasteiger partial charge < -0.3 is 108 Å². The van der Waals surface area contributed by atoms with Crippen LogP contribution in [-0.2, 0) is 123 Å². The number of esters is 4. The Balaban J connectivity index is 1.44. The number of hydrogen-bond acceptors (Lipinski definition) is 28. The Labute approximate surface area is 649 Å². The molecule has 35 nitrogen and oxygen atoms in total. The molecule has 7 N–H and O–H groups in total. The van der Waals surface area contributed by atoms with Crippen LogP contribution in [0.4, 0.5) is 0 Å². The summed E-state index contributed by atoms with van der Waals surface area (Å²) in [5.74, 6) is -7.03. The second kappa shape index (κ2) is 51.4. The summed E-state index contributed by atoms with van der Waals surface area (Å²) in [6.07, 6.45) is -4.32. The van der Waals surface area contributed by atoms with Crippen molar-refractivity contribution in [3.63, 3.8) is 0 Å². The molecule has 0 radical (unpaired) electrons. The molecular weight excluding hydrogens is 1460 g/mol. The first-order valence-electron chi connectivity index (χ1n) is 38.6. The van der Waals surface area contributed by atoms with Crippen molar-refractivity contribution < 1.29 is 123 Å². The molecule has 110 heavy (non-hydrogen) atoms. The van der Waals surface area contributed by atoms with Crippen molar-refractivity contribution >= 4 is 73.8 Å². The van der Waals surface area contributed by atoms with Crippen molar-refractivity contribution in [2.75, 3.05) is 98.9 Å². The van der Waals surface area contributed by atoms with Gasteiger partial charge in [0.2, 0.25) is 41.4 Å². The fourth-order valence-electron chi connectivity index (χ4n) is 13.4. The van der Waals surface area contributed by atoms with E-state index in [1.165, 1.54) is 41.5 Å². The van der Waals surface area contributed by atoms with E-state index in [0.717, 1.165) is 0 Å². The third-order valence-corrected chi connectivity index (χ3v) is 21.7. The van der Waals surface area contributed by atoms with E-state index in [-0.39, 0.29) is 197 Å². The van der Waals surface area contributed by atoms with E-state index in [1.807, 2.05) is 69.2 Å². The Hall–Kier alpha value is -6.39. The highest BCUT2D eigenvalue weighted by molar-refractivity contribution is 7.44. The van der Waals surface area contributed by atoms with E-state index in [2.05, 4.69) is 48.0 Å². The lowest BCUT2D eigenvalue weighted by Crippen LogP contribution is -2.62. The normalized spacial score (nSPS) is 26.9. The quantitative estimate of drug-likeness (QED) is 0.0198. The van der Waals surface area contributed by atoms with Gasteiger partial charge in [-0.1, -0.05) is 41.5 Å². The first-order chi connectivity index (χ1) is 52.3. The van der Waals surface area contributed by atoms with Crippen LogP contribution < -0.4 is 37.2 Å². The van der Waals surface area contributed by atoms with Gasteiger partial charge in [0.25, 0.3) is 8.53 Å². The number of carbonyl (C=O) groups is 11. The van der Waals surface area contributed by atoms with Gasteiger partial charge in [0.15, 0.2) is 18.9 Å². The monoisotopic (exact) mass is 1590 g/mol. The summed E-state index contributed by atoms with van der Waals surface area (Å²) < 4.78 is 90.4. The van der Waals surface area contributed by atoms with Crippen molar-refractivity contribution in [1.82, 2.24) is 41.9 Å². The average Bonchev–Trinajstić information content (AvgIpc) is 0.893. The Kier molecular flexibility index (Phi) is 44.8. The van der Waals surface area contributed by atoms with Crippen LogP contribution in [0, 0.1) is 46.8 Å². The molecule has 1 aliphatic carbocycles. The zero-order chi connectivity index (χ0) is 81.6. The topological polar surface area (TPSA) is 437 Å². The molecule has 6 unspecified atom stereocenters. The molecule has 3 aliphatic heterocycles. The molecule has 3 heterocycles. The van der Waals surface area contributed by atoms with Crippen LogP contribution in [0.5, 0.6) is 0 Å². The highest BCUT2D eigenvalue weighted by atomic mass is 31.2. The molecule has 3 saturated heterocycles. The molecule has 4 rings (SSSR count). The van der Waals surface area contributed by atoms with E-state index in [9.17, 15) is 58.0 Å². The average molecular weight is 1590 g/mol. The molecular formula is C74H126N9O26P. The fraction of sp³-hybridized carbons (Fsp3) is 0.838. The largest absolute Gasteiger partial charge is 0.463 e. The van der Waals surface area contributed by atoms with Crippen LogP contribution in [0.1, 0.15) is 175 Å². The molecule has 0 aromatic carbocycles. The summed E-state index contributed by atoms with van der Waals surface area (Å²) in [4.78, 5) is 142. The fourth-order valence-corrected chi connectivity index (χ4v) is 15.2. The molecule has 7 amide bonds. The number of rotatable bonds is 49. The van der Waals surface area contributed by atoms with Crippen LogP contribution >= 0.6 is 8.53 Å². The Bertz CT molecular complexity index is 2900. The summed E-state index contributed by atoms with van der Waals surface area (Å²) in [6.45, 7) is 27.7. The third-order valence-electron chi connectivity index (χ3n) is 19.5. The second-order valence-corrected chi connectivity index (χ2v) is 30.2. The summed E-state index contributed by atoms with van der Waals surface area (Å²) in [6, 6.07) is -1.59. The Morgan fingerprint density at radius 1 is 0.500 bits per heavy atom. The van der Waals surface area contributed by atoms with Gasteiger partial charge in [0, 0.05) is 110 Å². The number of carbonyl (C=O) groups excluding carboxylic acids is 11. The Morgan fingerprint density at radius 3 is 1.48 bits per heavy atom.